The van der Waals surface area contributed by atoms with Crippen molar-refractivity contribution in [3.63, 3.8) is 0 Å². The molecule has 0 aromatic heterocycles. The molecule has 0 aliphatic rings. The topological polar surface area (TPSA) is 59.6 Å². The standard InChI is InChI=1S/C12H27N3O.HI/c1-6-7-8-14-11(13)15-9-10(16-5)12(2,3)4;/h10H,6-9H2,1-5H3,(H3,13,14,15);1H. The molecule has 0 aliphatic carbocycles. The second-order valence-corrected chi connectivity index (χ2v) is 5.10. The first-order valence-electron chi connectivity index (χ1n) is 5.98. The van der Waals surface area contributed by atoms with E-state index in [0.29, 0.717) is 12.5 Å². The molecule has 0 radical (unpaired) electrons. The summed E-state index contributed by atoms with van der Waals surface area (Å²) in [6.07, 6.45) is 2.37. The van der Waals surface area contributed by atoms with Gasteiger partial charge in [0, 0.05) is 13.7 Å². The normalized spacial score (nSPS) is 14.1. The number of nitrogens with two attached hydrogens (primary N) is 1. The molecule has 5 heteroatoms. The summed E-state index contributed by atoms with van der Waals surface area (Å²) < 4.78 is 5.40. The lowest BCUT2D eigenvalue weighted by atomic mass is 9.89. The fourth-order valence-corrected chi connectivity index (χ4v) is 1.33. The lowest BCUT2D eigenvalue weighted by molar-refractivity contribution is 0.0241. The van der Waals surface area contributed by atoms with Gasteiger partial charge < -0.3 is 15.8 Å². The highest BCUT2D eigenvalue weighted by molar-refractivity contribution is 14.0. The van der Waals surface area contributed by atoms with Crippen molar-refractivity contribution in [2.24, 2.45) is 16.1 Å². The fourth-order valence-electron chi connectivity index (χ4n) is 1.33. The van der Waals surface area contributed by atoms with Crippen molar-refractivity contribution >= 4 is 29.9 Å². The molecule has 1 unspecified atom stereocenters. The van der Waals surface area contributed by atoms with E-state index in [4.69, 9.17) is 10.5 Å². The van der Waals surface area contributed by atoms with Crippen LogP contribution in [-0.4, -0.2) is 32.3 Å². The predicted molar refractivity (Wildman–Crippen MR) is 85.1 cm³/mol. The summed E-state index contributed by atoms with van der Waals surface area (Å²) in [6.45, 7) is 10.0. The number of halogens is 1. The van der Waals surface area contributed by atoms with Crippen LogP contribution in [-0.2, 0) is 4.74 Å². The number of nitrogens with one attached hydrogen (secondary N) is 1. The van der Waals surface area contributed by atoms with Gasteiger partial charge in [-0.15, -0.1) is 24.0 Å². The quantitative estimate of drug-likeness (QED) is 0.332. The summed E-state index contributed by atoms with van der Waals surface area (Å²) >= 11 is 0. The van der Waals surface area contributed by atoms with E-state index in [0.717, 1.165) is 19.4 Å². The van der Waals surface area contributed by atoms with E-state index in [2.05, 4.69) is 38.0 Å². The van der Waals surface area contributed by atoms with Gasteiger partial charge in [-0.2, -0.15) is 0 Å². The number of rotatable bonds is 6. The lowest BCUT2D eigenvalue weighted by Crippen LogP contribution is -2.36. The zero-order chi connectivity index (χ0) is 12.6. The van der Waals surface area contributed by atoms with E-state index in [1.165, 1.54) is 0 Å². The molecule has 0 aromatic rings. The van der Waals surface area contributed by atoms with Crippen LogP contribution >= 0.6 is 24.0 Å². The first-order chi connectivity index (χ1) is 7.41. The first kappa shape index (κ1) is 19.3. The third-order valence-corrected chi connectivity index (χ3v) is 2.51. The van der Waals surface area contributed by atoms with Gasteiger partial charge in [-0.1, -0.05) is 34.1 Å². The largest absolute Gasteiger partial charge is 0.379 e. The zero-order valence-corrected chi connectivity index (χ0v) is 14.1. The highest BCUT2D eigenvalue weighted by Crippen LogP contribution is 2.21. The van der Waals surface area contributed by atoms with Crippen LogP contribution in [0.15, 0.2) is 4.99 Å². The van der Waals surface area contributed by atoms with Crippen LogP contribution in [0.5, 0.6) is 0 Å². The van der Waals surface area contributed by atoms with Gasteiger partial charge in [0.15, 0.2) is 5.96 Å². The lowest BCUT2D eigenvalue weighted by Gasteiger charge is -2.27. The van der Waals surface area contributed by atoms with Crippen LogP contribution in [0.25, 0.3) is 0 Å². The van der Waals surface area contributed by atoms with Crippen LogP contribution < -0.4 is 11.1 Å². The molecule has 0 bridgehead atoms. The summed E-state index contributed by atoms with van der Waals surface area (Å²) in [7, 11) is 1.71. The second-order valence-electron chi connectivity index (χ2n) is 5.10. The molecule has 0 amide bonds. The molecule has 0 fully saturated rings. The molecule has 0 rings (SSSR count). The van der Waals surface area contributed by atoms with Gasteiger partial charge in [0.05, 0.1) is 12.6 Å². The van der Waals surface area contributed by atoms with Crippen molar-refractivity contribution in [2.75, 3.05) is 20.2 Å². The van der Waals surface area contributed by atoms with Crippen LogP contribution in [0, 0.1) is 5.41 Å². The molecular formula is C12H28IN3O. The van der Waals surface area contributed by atoms with Gasteiger partial charge in [0.2, 0.25) is 0 Å². The maximum absolute atomic E-state index is 5.74. The van der Waals surface area contributed by atoms with Crippen LogP contribution in [0.1, 0.15) is 40.5 Å². The minimum Gasteiger partial charge on any atom is -0.379 e. The number of unbranched alkanes of at least 4 members (excludes halogenated alkanes) is 1. The zero-order valence-electron chi connectivity index (χ0n) is 11.7. The van der Waals surface area contributed by atoms with Crippen molar-refractivity contribution < 1.29 is 4.74 Å². The Kier molecular flexibility index (Phi) is 11.3. The van der Waals surface area contributed by atoms with Crippen molar-refractivity contribution in [1.29, 1.82) is 0 Å². The smallest absolute Gasteiger partial charge is 0.188 e. The number of hydrogen-bond acceptors (Lipinski definition) is 2. The number of aliphatic imine (C=N–C) groups is 1. The third kappa shape index (κ3) is 9.64. The second kappa shape index (κ2) is 9.94. The maximum Gasteiger partial charge on any atom is 0.188 e. The van der Waals surface area contributed by atoms with Gasteiger partial charge >= 0.3 is 0 Å². The Balaban J connectivity index is 0. The number of ether oxygens (including phenoxy) is 1. The minimum atomic E-state index is 0. The predicted octanol–water partition coefficient (Wildman–Crippen LogP) is 2.37. The average molecular weight is 357 g/mol. The molecule has 0 saturated carbocycles. The Morgan fingerprint density at radius 3 is 2.41 bits per heavy atom. The van der Waals surface area contributed by atoms with Crippen molar-refractivity contribution in [2.45, 2.75) is 46.6 Å². The average Bonchev–Trinajstić information content (AvgIpc) is 2.17. The van der Waals surface area contributed by atoms with E-state index in [1.807, 2.05) is 0 Å². The van der Waals surface area contributed by atoms with Crippen molar-refractivity contribution in [1.82, 2.24) is 5.32 Å². The molecule has 0 aliphatic heterocycles. The van der Waals surface area contributed by atoms with Gasteiger partial charge in [0.1, 0.15) is 0 Å². The van der Waals surface area contributed by atoms with Gasteiger partial charge in [0.25, 0.3) is 0 Å². The summed E-state index contributed by atoms with van der Waals surface area (Å²) in [4.78, 5) is 4.29. The summed E-state index contributed by atoms with van der Waals surface area (Å²) in [5, 5.41) is 3.09. The highest BCUT2D eigenvalue weighted by Gasteiger charge is 2.23. The van der Waals surface area contributed by atoms with E-state index < -0.39 is 0 Å². The molecular weight excluding hydrogens is 329 g/mol. The molecule has 104 valence electrons. The molecule has 0 aromatic carbocycles. The van der Waals surface area contributed by atoms with Crippen LogP contribution in [0.3, 0.4) is 0 Å². The van der Waals surface area contributed by atoms with Crippen LogP contribution in [0.2, 0.25) is 0 Å². The number of methoxy groups -OCH3 is 1. The Morgan fingerprint density at radius 1 is 1.41 bits per heavy atom. The Morgan fingerprint density at radius 2 is 2.00 bits per heavy atom. The molecule has 4 nitrogen and oxygen atoms in total. The van der Waals surface area contributed by atoms with E-state index in [1.54, 1.807) is 7.11 Å². The van der Waals surface area contributed by atoms with E-state index in [9.17, 15) is 0 Å². The summed E-state index contributed by atoms with van der Waals surface area (Å²) in [5.41, 5.74) is 5.83. The highest BCUT2D eigenvalue weighted by atomic mass is 127. The van der Waals surface area contributed by atoms with Gasteiger partial charge in [-0.05, 0) is 11.8 Å². The monoisotopic (exact) mass is 357 g/mol. The molecule has 0 spiro atoms. The molecule has 3 N–H and O–H groups in total. The number of guanidine groups is 1. The molecule has 0 saturated heterocycles. The summed E-state index contributed by atoms with van der Waals surface area (Å²) in [6, 6.07) is 0. The molecule has 0 heterocycles. The minimum absolute atomic E-state index is 0. The molecule has 1 atom stereocenters. The van der Waals surface area contributed by atoms with Gasteiger partial charge in [-0.3, -0.25) is 4.99 Å². The molecule has 17 heavy (non-hydrogen) atoms. The fraction of sp³-hybridized carbons (Fsp3) is 0.917. The first-order valence-corrected chi connectivity index (χ1v) is 5.98. The Hall–Kier alpha value is -0.0400. The SMILES string of the molecule is CCCCNC(N)=NCC(OC)C(C)(C)C.I. The van der Waals surface area contributed by atoms with E-state index >= 15 is 0 Å². The number of nitrogens with zero attached hydrogens (tertiary/aromatic N) is 1. The third-order valence-electron chi connectivity index (χ3n) is 2.51. The van der Waals surface area contributed by atoms with Crippen molar-refractivity contribution in [3.8, 4) is 0 Å². The Labute approximate surface area is 123 Å². The maximum atomic E-state index is 5.74. The van der Waals surface area contributed by atoms with Gasteiger partial charge in [-0.25, -0.2) is 0 Å². The van der Waals surface area contributed by atoms with Crippen LogP contribution in [0.4, 0.5) is 0 Å². The number of hydrogen-bond donors (Lipinski definition) is 2. The summed E-state index contributed by atoms with van der Waals surface area (Å²) in [5.74, 6) is 0.514. The van der Waals surface area contributed by atoms with E-state index in [-0.39, 0.29) is 35.5 Å². The van der Waals surface area contributed by atoms with Crippen molar-refractivity contribution in [3.05, 3.63) is 0 Å². The Bertz CT molecular complexity index is 214.